The second-order valence-corrected chi connectivity index (χ2v) is 5.64. The number of nitrogens with one attached hydrogen (secondary N) is 2. The van der Waals surface area contributed by atoms with Crippen LogP contribution in [0.4, 0.5) is 0 Å². The van der Waals surface area contributed by atoms with Gasteiger partial charge in [0.25, 0.3) is 0 Å². The summed E-state index contributed by atoms with van der Waals surface area (Å²) in [4.78, 5) is 14.2. The van der Waals surface area contributed by atoms with E-state index < -0.39 is 0 Å². The summed E-state index contributed by atoms with van der Waals surface area (Å²) in [5.41, 5.74) is 1.30. The third-order valence-electron chi connectivity index (χ3n) is 3.98. The molecule has 2 N–H and O–H groups in total. The molecule has 1 aromatic rings. The molecule has 0 bridgehead atoms. The third kappa shape index (κ3) is 4.32. The Labute approximate surface area is 121 Å². The standard InChI is InChI=1S/C16H25N3O/c1-13(11-18-16(20)15-9-6-10-17-15)19(2)12-14-7-4-3-5-8-14/h3-5,7-8,13,15,17H,6,9-12H2,1-2H3,(H,18,20). The fraction of sp³-hybridized carbons (Fsp3) is 0.562. The van der Waals surface area contributed by atoms with Crippen LogP contribution in [0.5, 0.6) is 0 Å². The first-order valence-corrected chi connectivity index (χ1v) is 7.42. The van der Waals surface area contributed by atoms with Crippen molar-refractivity contribution in [2.45, 2.75) is 38.4 Å². The molecule has 1 aromatic carbocycles. The first kappa shape index (κ1) is 15.0. The van der Waals surface area contributed by atoms with E-state index in [2.05, 4.69) is 53.8 Å². The smallest absolute Gasteiger partial charge is 0.237 e. The van der Waals surface area contributed by atoms with Crippen molar-refractivity contribution in [2.75, 3.05) is 20.1 Å². The van der Waals surface area contributed by atoms with Crippen molar-refractivity contribution in [1.82, 2.24) is 15.5 Å². The number of amides is 1. The Bertz CT molecular complexity index is 415. The number of rotatable bonds is 6. The lowest BCUT2D eigenvalue weighted by Gasteiger charge is -2.25. The van der Waals surface area contributed by atoms with Crippen LogP contribution >= 0.6 is 0 Å². The van der Waals surface area contributed by atoms with Crippen LogP contribution in [0.2, 0.25) is 0 Å². The molecule has 2 unspecified atom stereocenters. The van der Waals surface area contributed by atoms with E-state index in [4.69, 9.17) is 0 Å². The highest BCUT2D eigenvalue weighted by molar-refractivity contribution is 5.82. The van der Waals surface area contributed by atoms with E-state index in [0.29, 0.717) is 12.6 Å². The second kappa shape index (κ2) is 7.41. The van der Waals surface area contributed by atoms with E-state index in [-0.39, 0.29) is 11.9 Å². The molecular weight excluding hydrogens is 250 g/mol. The van der Waals surface area contributed by atoms with E-state index in [1.807, 2.05) is 6.07 Å². The van der Waals surface area contributed by atoms with Gasteiger partial charge in [-0.3, -0.25) is 9.69 Å². The molecule has 20 heavy (non-hydrogen) atoms. The van der Waals surface area contributed by atoms with Crippen molar-refractivity contribution in [3.05, 3.63) is 35.9 Å². The highest BCUT2D eigenvalue weighted by Crippen LogP contribution is 2.07. The lowest BCUT2D eigenvalue weighted by atomic mass is 10.2. The van der Waals surface area contributed by atoms with E-state index in [1.54, 1.807) is 0 Å². The van der Waals surface area contributed by atoms with Crippen LogP contribution in [-0.4, -0.2) is 43.0 Å². The Morgan fingerprint density at radius 2 is 2.20 bits per heavy atom. The zero-order chi connectivity index (χ0) is 14.4. The summed E-state index contributed by atoms with van der Waals surface area (Å²) in [5.74, 6) is 0.141. The van der Waals surface area contributed by atoms with Crippen molar-refractivity contribution >= 4 is 5.91 Å². The van der Waals surface area contributed by atoms with Crippen molar-refractivity contribution in [3.8, 4) is 0 Å². The molecule has 4 heteroatoms. The molecule has 110 valence electrons. The van der Waals surface area contributed by atoms with E-state index in [9.17, 15) is 4.79 Å². The molecular formula is C16H25N3O. The largest absolute Gasteiger partial charge is 0.353 e. The predicted molar refractivity (Wildman–Crippen MR) is 81.4 cm³/mol. The van der Waals surface area contributed by atoms with E-state index in [1.165, 1.54) is 5.56 Å². The van der Waals surface area contributed by atoms with E-state index in [0.717, 1.165) is 25.9 Å². The summed E-state index contributed by atoms with van der Waals surface area (Å²) in [7, 11) is 2.09. The topological polar surface area (TPSA) is 44.4 Å². The Morgan fingerprint density at radius 3 is 2.85 bits per heavy atom. The Kier molecular flexibility index (Phi) is 5.56. The molecule has 1 aliphatic heterocycles. The van der Waals surface area contributed by atoms with Crippen molar-refractivity contribution in [3.63, 3.8) is 0 Å². The quantitative estimate of drug-likeness (QED) is 0.824. The molecule has 2 atom stereocenters. The van der Waals surface area contributed by atoms with Gasteiger partial charge in [0.15, 0.2) is 0 Å². The number of hydrogen-bond donors (Lipinski definition) is 2. The van der Waals surface area contributed by atoms with Crippen LogP contribution in [0.3, 0.4) is 0 Å². The summed E-state index contributed by atoms with van der Waals surface area (Å²) >= 11 is 0. The zero-order valence-corrected chi connectivity index (χ0v) is 12.4. The summed E-state index contributed by atoms with van der Waals surface area (Å²) < 4.78 is 0. The minimum absolute atomic E-state index is 0.0154. The molecule has 0 saturated carbocycles. The maximum Gasteiger partial charge on any atom is 0.237 e. The lowest BCUT2D eigenvalue weighted by molar-refractivity contribution is -0.123. The molecule has 0 spiro atoms. The SMILES string of the molecule is CC(CNC(=O)C1CCCN1)N(C)Cc1ccccc1. The Balaban J connectivity index is 1.73. The number of carbonyl (C=O) groups excluding carboxylic acids is 1. The number of benzene rings is 1. The van der Waals surface area contributed by atoms with Gasteiger partial charge in [-0.25, -0.2) is 0 Å². The second-order valence-electron chi connectivity index (χ2n) is 5.64. The molecule has 0 aromatic heterocycles. The summed E-state index contributed by atoms with van der Waals surface area (Å²) in [6.45, 7) is 4.70. The molecule has 0 aliphatic carbocycles. The monoisotopic (exact) mass is 275 g/mol. The summed E-state index contributed by atoms with van der Waals surface area (Å²) in [5, 5.41) is 6.27. The van der Waals surface area contributed by atoms with Gasteiger partial charge in [0.1, 0.15) is 0 Å². The van der Waals surface area contributed by atoms with Crippen LogP contribution in [-0.2, 0) is 11.3 Å². The first-order valence-electron chi connectivity index (χ1n) is 7.42. The van der Waals surface area contributed by atoms with Gasteiger partial charge < -0.3 is 10.6 Å². The van der Waals surface area contributed by atoms with Gasteiger partial charge in [0.2, 0.25) is 5.91 Å². The van der Waals surface area contributed by atoms with Gasteiger partial charge in [0, 0.05) is 19.1 Å². The van der Waals surface area contributed by atoms with Gasteiger partial charge in [-0.15, -0.1) is 0 Å². The molecule has 1 saturated heterocycles. The Hall–Kier alpha value is -1.39. The number of nitrogens with zero attached hydrogens (tertiary/aromatic N) is 1. The van der Waals surface area contributed by atoms with Gasteiger partial charge >= 0.3 is 0 Å². The Morgan fingerprint density at radius 1 is 1.45 bits per heavy atom. The average molecular weight is 275 g/mol. The first-order chi connectivity index (χ1) is 9.66. The zero-order valence-electron chi connectivity index (χ0n) is 12.4. The van der Waals surface area contributed by atoms with Gasteiger partial charge in [-0.1, -0.05) is 30.3 Å². The fourth-order valence-corrected chi connectivity index (χ4v) is 2.46. The van der Waals surface area contributed by atoms with Crippen LogP contribution in [0.1, 0.15) is 25.3 Å². The molecule has 0 radical (unpaired) electrons. The molecule has 4 nitrogen and oxygen atoms in total. The summed E-state index contributed by atoms with van der Waals surface area (Å²) in [6.07, 6.45) is 2.06. The molecule has 1 amide bonds. The normalized spacial score (nSPS) is 20.1. The lowest BCUT2D eigenvalue weighted by Crippen LogP contribution is -2.45. The van der Waals surface area contributed by atoms with Crippen molar-refractivity contribution in [1.29, 1.82) is 0 Å². The molecule has 1 aliphatic rings. The van der Waals surface area contributed by atoms with Gasteiger partial charge in [-0.2, -0.15) is 0 Å². The van der Waals surface area contributed by atoms with Gasteiger partial charge in [-0.05, 0) is 38.9 Å². The number of likely N-dealkylation sites (N-methyl/N-ethyl adjacent to an activating group) is 1. The van der Waals surface area contributed by atoms with Crippen LogP contribution < -0.4 is 10.6 Å². The average Bonchev–Trinajstić information content (AvgIpc) is 2.99. The van der Waals surface area contributed by atoms with Crippen molar-refractivity contribution in [2.24, 2.45) is 0 Å². The third-order valence-corrected chi connectivity index (χ3v) is 3.98. The molecule has 2 rings (SSSR count). The summed E-state index contributed by atoms with van der Waals surface area (Å²) in [6, 6.07) is 10.7. The van der Waals surface area contributed by atoms with E-state index >= 15 is 0 Å². The van der Waals surface area contributed by atoms with Crippen molar-refractivity contribution < 1.29 is 4.79 Å². The highest BCUT2D eigenvalue weighted by Gasteiger charge is 2.22. The maximum absolute atomic E-state index is 11.9. The molecule has 1 heterocycles. The van der Waals surface area contributed by atoms with Gasteiger partial charge in [0.05, 0.1) is 6.04 Å². The molecule has 1 fully saturated rings. The minimum atomic E-state index is 0.0154. The minimum Gasteiger partial charge on any atom is -0.353 e. The van der Waals surface area contributed by atoms with Crippen LogP contribution in [0.25, 0.3) is 0 Å². The number of carbonyl (C=O) groups is 1. The number of hydrogen-bond acceptors (Lipinski definition) is 3. The fourth-order valence-electron chi connectivity index (χ4n) is 2.46. The maximum atomic E-state index is 11.9. The van der Waals surface area contributed by atoms with Crippen LogP contribution in [0, 0.1) is 0 Å². The van der Waals surface area contributed by atoms with Crippen LogP contribution in [0.15, 0.2) is 30.3 Å². The predicted octanol–water partition coefficient (Wildman–Crippen LogP) is 1.38. The highest BCUT2D eigenvalue weighted by atomic mass is 16.2.